The lowest BCUT2D eigenvalue weighted by Gasteiger charge is -2.47. The van der Waals surface area contributed by atoms with Crippen LogP contribution in [0.4, 0.5) is 0 Å². The lowest BCUT2D eigenvalue weighted by molar-refractivity contribution is -0.296. The second kappa shape index (κ2) is 18.8. The molecule has 0 aromatic heterocycles. The zero-order valence-electron chi connectivity index (χ0n) is 34.4. The van der Waals surface area contributed by atoms with Crippen molar-refractivity contribution in [3.8, 4) is 11.8 Å². The van der Waals surface area contributed by atoms with Crippen LogP contribution >= 0.6 is 0 Å². The second-order valence-electron chi connectivity index (χ2n) is 16.3. The number of fused-ring (bicyclic) bond motifs is 5. The number of esters is 1. The van der Waals surface area contributed by atoms with Crippen LogP contribution in [0.2, 0.25) is 0 Å². The summed E-state index contributed by atoms with van der Waals surface area (Å²) in [5.74, 6) is 1.20. The Morgan fingerprint density at radius 1 is 1.07 bits per heavy atom. The topological polar surface area (TPSA) is 153 Å². The van der Waals surface area contributed by atoms with Gasteiger partial charge in [-0.1, -0.05) is 57.7 Å². The number of carbonyl (C=O) groups is 3. The first-order chi connectivity index (χ1) is 25.8. The number of aliphatic hydroxyl groups is 2. The van der Waals surface area contributed by atoms with Crippen molar-refractivity contribution >= 4 is 23.4 Å². The maximum atomic E-state index is 14.4. The molecule has 4 rings (SSSR count). The number of hydrogen-bond donors (Lipinski definition) is 2. The van der Waals surface area contributed by atoms with Crippen LogP contribution in [-0.4, -0.2) is 120 Å². The normalized spacial score (nSPS) is 39.7. The molecule has 13 atom stereocenters. The number of benzene rings is 1. The van der Waals surface area contributed by atoms with Gasteiger partial charge in [0, 0.05) is 36.1 Å². The van der Waals surface area contributed by atoms with Gasteiger partial charge < -0.3 is 38.8 Å². The number of carbonyl (C=O) groups excluding carboxylic acids is 3. The van der Waals surface area contributed by atoms with Gasteiger partial charge in [0.15, 0.2) is 12.1 Å². The molecule has 55 heavy (non-hydrogen) atoms. The van der Waals surface area contributed by atoms with Gasteiger partial charge in [0.2, 0.25) is 5.91 Å². The van der Waals surface area contributed by atoms with E-state index in [-0.39, 0.29) is 38.2 Å². The largest absolute Gasteiger partial charge is 0.459 e. The molecule has 0 spiro atoms. The average molecular weight is 767 g/mol. The summed E-state index contributed by atoms with van der Waals surface area (Å²) < 4.78 is 32.5. The first-order valence-corrected chi connectivity index (χ1v) is 19.5. The van der Waals surface area contributed by atoms with Crippen molar-refractivity contribution in [1.82, 2.24) is 4.90 Å². The number of aliphatic hydroxyl groups excluding tert-OH is 1. The predicted octanol–water partition coefficient (Wildman–Crippen LogP) is 4.53. The molecule has 2 N–H and O–H groups in total. The number of rotatable bonds is 4. The molecule has 12 nitrogen and oxygen atoms in total. The molecule has 0 saturated carbocycles. The first-order valence-electron chi connectivity index (χ1n) is 19.5. The Balaban J connectivity index is 1.98. The van der Waals surface area contributed by atoms with Crippen LogP contribution in [0.25, 0.3) is 0 Å². The van der Waals surface area contributed by atoms with Crippen molar-refractivity contribution in [3.63, 3.8) is 0 Å². The van der Waals surface area contributed by atoms with E-state index in [4.69, 9.17) is 23.7 Å². The van der Waals surface area contributed by atoms with Gasteiger partial charge in [-0.25, -0.2) is 4.99 Å². The van der Waals surface area contributed by atoms with Gasteiger partial charge in [-0.2, -0.15) is 0 Å². The SMILES string of the molecule is CC[C@H]1OC(=O)[C@H](C)C(=O)[C@H](C)[C@@H](O[C@@H]2O[C@H](C)C[C@H](N(C)C)[C@H]2O)[C@@]2(C)C[C@@H](C)C(=NC(C)=O)[C@H](C)C(OC/C(=C\C#Cc3ccccc3)CO2)[C@]1(C)O. The summed E-state index contributed by atoms with van der Waals surface area (Å²) in [6.45, 7) is 15.3. The lowest BCUT2D eigenvalue weighted by Crippen LogP contribution is -2.60. The summed E-state index contributed by atoms with van der Waals surface area (Å²) >= 11 is 0. The van der Waals surface area contributed by atoms with Crippen molar-refractivity contribution < 1.29 is 48.3 Å². The molecule has 2 bridgehead atoms. The van der Waals surface area contributed by atoms with Gasteiger partial charge in [-0.05, 0) is 90.8 Å². The Morgan fingerprint density at radius 2 is 1.75 bits per heavy atom. The fraction of sp³-hybridized carbons (Fsp3) is 0.674. The standard InChI is InChI=1S/C43H62N2O10/c1-12-34-43(9,50)39-27(4)35(44-30(7)46)25(2)22-42(8,52-24-32(23-51-39)20-16-19-31-17-14-13-15-18-31)38(28(5)36(47)29(6)40(49)54-34)55-41-37(48)33(45(10)11)21-26(3)53-41/h13-15,17-18,20,25-29,33-34,37-39,41,48,50H,12,21-24H2,1-11H3/b32-20+,44-35?/t25-,26-,27+,28+,29-,33+,34-,37-,38-,39?,41+,42-,43-/m1/s1. The van der Waals surface area contributed by atoms with E-state index in [9.17, 15) is 24.6 Å². The fourth-order valence-corrected chi connectivity index (χ4v) is 8.40. The van der Waals surface area contributed by atoms with E-state index in [2.05, 4.69) is 16.8 Å². The first kappa shape index (κ1) is 44.4. The summed E-state index contributed by atoms with van der Waals surface area (Å²) in [7, 11) is 3.75. The molecule has 3 heterocycles. The fourth-order valence-electron chi connectivity index (χ4n) is 8.40. The van der Waals surface area contributed by atoms with Crippen molar-refractivity contribution in [1.29, 1.82) is 0 Å². The van der Waals surface area contributed by atoms with Gasteiger partial charge >= 0.3 is 5.97 Å². The Labute approximate surface area is 327 Å². The molecule has 1 unspecified atom stereocenters. The lowest BCUT2D eigenvalue weighted by atomic mass is 9.73. The molecule has 3 saturated heterocycles. The van der Waals surface area contributed by atoms with Crippen molar-refractivity contribution in [2.24, 2.45) is 28.7 Å². The number of ketones is 1. The van der Waals surface area contributed by atoms with E-state index < -0.39 is 83.2 Å². The number of ether oxygens (including phenoxy) is 5. The number of allylic oxidation sites excluding steroid dienone is 1. The molecule has 1 aromatic rings. The molecule has 304 valence electrons. The Hall–Kier alpha value is -3.28. The molecule has 1 aromatic carbocycles. The minimum atomic E-state index is -1.79. The number of likely N-dealkylation sites (N-methyl/N-ethyl adjacent to an activating group) is 1. The molecule has 1 amide bonds. The van der Waals surface area contributed by atoms with Gasteiger partial charge in [-0.15, -0.1) is 0 Å². The molecule has 3 fully saturated rings. The molecule has 0 radical (unpaired) electrons. The third-order valence-electron chi connectivity index (χ3n) is 11.4. The Bertz CT molecular complexity index is 1630. The maximum absolute atomic E-state index is 14.4. The zero-order valence-corrected chi connectivity index (χ0v) is 34.4. The molecule has 0 aliphatic carbocycles. The van der Waals surface area contributed by atoms with Gasteiger partial charge in [-0.3, -0.25) is 14.4 Å². The van der Waals surface area contributed by atoms with Gasteiger partial charge in [0.05, 0.1) is 37.1 Å². The van der Waals surface area contributed by atoms with Crippen LogP contribution < -0.4 is 0 Å². The van der Waals surface area contributed by atoms with E-state index in [0.29, 0.717) is 17.7 Å². The number of nitrogens with zero attached hydrogens (tertiary/aromatic N) is 2. The minimum absolute atomic E-state index is 0.0110. The Morgan fingerprint density at radius 3 is 2.36 bits per heavy atom. The Kier molecular flexibility index (Phi) is 15.2. The molecular formula is C43H62N2O10. The molecule has 3 aliphatic heterocycles. The van der Waals surface area contributed by atoms with Crippen LogP contribution in [0.5, 0.6) is 0 Å². The summed E-state index contributed by atoms with van der Waals surface area (Å²) in [5.41, 5.74) is -1.23. The van der Waals surface area contributed by atoms with Crippen molar-refractivity contribution in [2.45, 2.75) is 136 Å². The van der Waals surface area contributed by atoms with E-state index in [1.807, 2.05) is 77.0 Å². The third-order valence-corrected chi connectivity index (χ3v) is 11.4. The van der Waals surface area contributed by atoms with Gasteiger partial charge in [0.25, 0.3) is 0 Å². The van der Waals surface area contributed by atoms with E-state index in [1.165, 1.54) is 13.8 Å². The van der Waals surface area contributed by atoms with E-state index in [1.54, 1.807) is 26.8 Å². The van der Waals surface area contributed by atoms with E-state index >= 15 is 0 Å². The quantitative estimate of drug-likeness (QED) is 0.253. The number of Topliss-reactive ketones (excluding diaryl/α,β-unsaturated/α-hetero) is 1. The highest BCUT2D eigenvalue weighted by atomic mass is 16.7. The zero-order chi connectivity index (χ0) is 40.8. The smallest absolute Gasteiger partial charge is 0.316 e. The number of cyclic esters (lactones) is 1. The highest BCUT2D eigenvalue weighted by Gasteiger charge is 2.53. The molecule has 3 aliphatic rings. The average Bonchev–Trinajstić information content (AvgIpc) is 3.14. The van der Waals surface area contributed by atoms with E-state index in [0.717, 1.165) is 5.56 Å². The summed E-state index contributed by atoms with van der Waals surface area (Å²) in [5, 5.41) is 24.0. The minimum Gasteiger partial charge on any atom is -0.459 e. The van der Waals surface area contributed by atoms with Crippen molar-refractivity contribution in [3.05, 3.63) is 47.5 Å². The third kappa shape index (κ3) is 10.6. The summed E-state index contributed by atoms with van der Waals surface area (Å²) in [6, 6.07) is 9.22. The van der Waals surface area contributed by atoms with Crippen molar-refractivity contribution in [2.75, 3.05) is 27.3 Å². The van der Waals surface area contributed by atoms with Crippen LogP contribution in [0.1, 0.15) is 87.1 Å². The maximum Gasteiger partial charge on any atom is 0.316 e. The van der Waals surface area contributed by atoms with Gasteiger partial charge in [0.1, 0.15) is 23.7 Å². The van der Waals surface area contributed by atoms with Crippen LogP contribution in [0.15, 0.2) is 47.0 Å². The number of amides is 1. The predicted molar refractivity (Wildman–Crippen MR) is 208 cm³/mol. The highest BCUT2D eigenvalue weighted by molar-refractivity contribution is 6.00. The highest BCUT2D eigenvalue weighted by Crippen LogP contribution is 2.40. The second-order valence-corrected chi connectivity index (χ2v) is 16.3. The number of aliphatic imine (C=N–C) groups is 1. The van der Waals surface area contributed by atoms with Crippen LogP contribution in [0, 0.1) is 35.5 Å². The number of hydrogen-bond acceptors (Lipinski definition) is 11. The summed E-state index contributed by atoms with van der Waals surface area (Å²) in [6.07, 6.45) is -3.03. The van der Waals surface area contributed by atoms with Crippen LogP contribution in [-0.2, 0) is 38.1 Å². The van der Waals surface area contributed by atoms with Crippen LogP contribution in [0.3, 0.4) is 0 Å². The monoisotopic (exact) mass is 766 g/mol. The molecule has 12 heteroatoms. The summed E-state index contributed by atoms with van der Waals surface area (Å²) in [4.78, 5) is 47.5. The molecular weight excluding hydrogens is 704 g/mol.